The van der Waals surface area contributed by atoms with Crippen molar-refractivity contribution >= 4 is 11.6 Å². The number of benzene rings is 1. The molecule has 0 saturated carbocycles. The van der Waals surface area contributed by atoms with Gasteiger partial charge in [-0.2, -0.15) is 0 Å². The fourth-order valence-electron chi connectivity index (χ4n) is 3.38. The lowest BCUT2D eigenvalue weighted by Gasteiger charge is -2.34. The number of amides is 1. The van der Waals surface area contributed by atoms with Gasteiger partial charge in [0.25, 0.3) is 5.91 Å². The Labute approximate surface area is 165 Å². The normalized spacial score (nSPS) is 15.6. The number of rotatable bonds is 4. The third-order valence-corrected chi connectivity index (χ3v) is 4.79. The van der Waals surface area contributed by atoms with Gasteiger partial charge in [0.15, 0.2) is 0 Å². The quantitative estimate of drug-likeness (QED) is 0.670. The predicted octanol–water partition coefficient (Wildman–Crippen LogP) is 3.19. The summed E-state index contributed by atoms with van der Waals surface area (Å²) in [6.45, 7) is 3.21. The van der Waals surface area contributed by atoms with Crippen LogP contribution in [-0.2, 0) is 6.54 Å². The maximum atomic E-state index is 12.6. The lowest BCUT2D eigenvalue weighted by molar-refractivity contribution is -0.274. The molecule has 1 saturated heterocycles. The first-order valence-corrected chi connectivity index (χ1v) is 9.17. The van der Waals surface area contributed by atoms with Crippen LogP contribution >= 0.6 is 0 Å². The van der Waals surface area contributed by atoms with Crippen LogP contribution < -0.4 is 4.74 Å². The molecule has 152 valence electrons. The van der Waals surface area contributed by atoms with E-state index in [1.54, 1.807) is 4.90 Å². The van der Waals surface area contributed by atoms with Crippen molar-refractivity contribution in [1.82, 2.24) is 19.2 Å². The van der Waals surface area contributed by atoms with Gasteiger partial charge in [0, 0.05) is 50.7 Å². The second-order valence-electron chi connectivity index (χ2n) is 6.84. The number of alkyl halides is 3. The van der Waals surface area contributed by atoms with Crippen LogP contribution in [0.3, 0.4) is 0 Å². The Morgan fingerprint density at radius 1 is 1.03 bits per heavy atom. The van der Waals surface area contributed by atoms with E-state index >= 15 is 0 Å². The SMILES string of the molecule is O=C(c1ccc(OC(F)(F)F)cc1)N1CCN(Cc2cn3ccccc3n2)CC1. The lowest BCUT2D eigenvalue weighted by Crippen LogP contribution is -2.48. The molecule has 9 heteroatoms. The summed E-state index contributed by atoms with van der Waals surface area (Å²) in [7, 11) is 0. The number of piperazine rings is 1. The highest BCUT2D eigenvalue weighted by atomic mass is 19.4. The molecule has 0 N–H and O–H groups in total. The van der Waals surface area contributed by atoms with E-state index in [4.69, 9.17) is 0 Å². The monoisotopic (exact) mass is 404 g/mol. The molecule has 6 nitrogen and oxygen atoms in total. The smallest absolute Gasteiger partial charge is 0.406 e. The van der Waals surface area contributed by atoms with Crippen LogP contribution in [0.25, 0.3) is 5.65 Å². The number of ether oxygens (including phenoxy) is 1. The van der Waals surface area contributed by atoms with Crippen LogP contribution in [0, 0.1) is 0 Å². The molecule has 0 unspecified atom stereocenters. The molecule has 29 heavy (non-hydrogen) atoms. The number of carbonyl (C=O) groups excluding carboxylic acids is 1. The zero-order chi connectivity index (χ0) is 20.4. The summed E-state index contributed by atoms with van der Waals surface area (Å²) in [5.41, 5.74) is 2.21. The molecule has 0 atom stereocenters. The summed E-state index contributed by atoms with van der Waals surface area (Å²) in [5.74, 6) is -0.540. The molecule has 1 amide bonds. The largest absolute Gasteiger partial charge is 0.573 e. The molecule has 0 radical (unpaired) electrons. The third kappa shape index (κ3) is 4.68. The second kappa shape index (κ2) is 7.75. The van der Waals surface area contributed by atoms with Crippen molar-refractivity contribution in [2.75, 3.05) is 26.2 Å². The first-order chi connectivity index (χ1) is 13.9. The summed E-state index contributed by atoms with van der Waals surface area (Å²) < 4.78 is 42.5. The Kier molecular flexibility index (Phi) is 5.14. The fraction of sp³-hybridized carbons (Fsp3) is 0.300. The van der Waals surface area contributed by atoms with Crippen LogP contribution in [-0.4, -0.2) is 57.6 Å². The Bertz CT molecular complexity index is 960. The molecule has 0 spiro atoms. The van der Waals surface area contributed by atoms with E-state index < -0.39 is 6.36 Å². The van der Waals surface area contributed by atoms with E-state index in [2.05, 4.69) is 14.6 Å². The lowest BCUT2D eigenvalue weighted by atomic mass is 10.1. The molecule has 1 fully saturated rings. The van der Waals surface area contributed by atoms with E-state index in [-0.39, 0.29) is 11.7 Å². The van der Waals surface area contributed by atoms with Crippen LogP contribution in [0.2, 0.25) is 0 Å². The standard InChI is InChI=1S/C20H19F3N4O2/c21-20(22,23)29-17-6-4-15(5-7-17)19(28)26-11-9-25(10-12-26)13-16-14-27-8-2-1-3-18(27)24-16/h1-8,14H,9-13H2. The molecule has 1 aliphatic heterocycles. The summed E-state index contributed by atoms with van der Waals surface area (Å²) in [6.07, 6.45) is -0.798. The molecule has 3 aromatic rings. The predicted molar refractivity (Wildman–Crippen MR) is 99.5 cm³/mol. The van der Waals surface area contributed by atoms with Crippen LogP contribution in [0.15, 0.2) is 54.9 Å². The molecule has 1 aromatic carbocycles. The van der Waals surface area contributed by atoms with Gasteiger partial charge in [0.2, 0.25) is 0 Å². The van der Waals surface area contributed by atoms with Crippen molar-refractivity contribution in [3.8, 4) is 5.75 Å². The first kappa shape index (κ1) is 19.3. The average Bonchev–Trinajstić information content (AvgIpc) is 3.10. The maximum Gasteiger partial charge on any atom is 0.573 e. The van der Waals surface area contributed by atoms with E-state index in [1.807, 2.05) is 35.0 Å². The fourth-order valence-corrected chi connectivity index (χ4v) is 3.38. The van der Waals surface area contributed by atoms with Gasteiger partial charge in [0.1, 0.15) is 11.4 Å². The van der Waals surface area contributed by atoms with E-state index in [1.165, 1.54) is 12.1 Å². The number of imidazole rings is 1. The molecule has 4 rings (SSSR count). The summed E-state index contributed by atoms with van der Waals surface area (Å²) >= 11 is 0. The Balaban J connectivity index is 1.32. The van der Waals surface area contributed by atoms with Gasteiger partial charge in [-0.1, -0.05) is 6.07 Å². The first-order valence-electron chi connectivity index (χ1n) is 9.17. The van der Waals surface area contributed by atoms with Gasteiger partial charge in [-0.15, -0.1) is 13.2 Å². The number of hydrogen-bond donors (Lipinski definition) is 0. The topological polar surface area (TPSA) is 50.1 Å². The van der Waals surface area contributed by atoms with Gasteiger partial charge >= 0.3 is 6.36 Å². The van der Waals surface area contributed by atoms with Crippen molar-refractivity contribution in [3.05, 3.63) is 66.1 Å². The summed E-state index contributed by atoms with van der Waals surface area (Å²) in [5, 5.41) is 0. The van der Waals surface area contributed by atoms with Crippen LogP contribution in [0.5, 0.6) is 5.75 Å². The number of nitrogens with zero attached hydrogens (tertiary/aromatic N) is 4. The molecule has 0 bridgehead atoms. The zero-order valence-corrected chi connectivity index (χ0v) is 15.5. The molecule has 1 aliphatic rings. The van der Waals surface area contributed by atoms with Gasteiger partial charge in [-0.25, -0.2) is 4.98 Å². The number of fused-ring (bicyclic) bond motifs is 1. The van der Waals surface area contributed by atoms with Gasteiger partial charge in [0.05, 0.1) is 5.69 Å². The molecule has 2 aromatic heterocycles. The van der Waals surface area contributed by atoms with Gasteiger partial charge in [-0.3, -0.25) is 9.69 Å². The number of aromatic nitrogens is 2. The highest BCUT2D eigenvalue weighted by Crippen LogP contribution is 2.23. The summed E-state index contributed by atoms with van der Waals surface area (Å²) in [4.78, 5) is 21.1. The van der Waals surface area contributed by atoms with E-state index in [9.17, 15) is 18.0 Å². The molecule has 0 aliphatic carbocycles. The van der Waals surface area contributed by atoms with Gasteiger partial charge in [-0.05, 0) is 36.4 Å². The van der Waals surface area contributed by atoms with Crippen molar-refractivity contribution in [2.45, 2.75) is 12.9 Å². The second-order valence-corrected chi connectivity index (χ2v) is 6.84. The summed E-state index contributed by atoms with van der Waals surface area (Å²) in [6, 6.07) is 10.9. The molecular weight excluding hydrogens is 385 g/mol. The van der Waals surface area contributed by atoms with E-state index in [0.717, 1.165) is 23.5 Å². The molecular formula is C20H19F3N4O2. The van der Waals surface area contributed by atoms with Gasteiger partial charge < -0.3 is 14.0 Å². The third-order valence-electron chi connectivity index (χ3n) is 4.79. The Morgan fingerprint density at radius 3 is 2.41 bits per heavy atom. The van der Waals surface area contributed by atoms with Crippen molar-refractivity contribution < 1.29 is 22.7 Å². The molecule has 3 heterocycles. The minimum atomic E-state index is -4.75. The van der Waals surface area contributed by atoms with Crippen molar-refractivity contribution in [3.63, 3.8) is 0 Å². The number of pyridine rings is 1. The van der Waals surface area contributed by atoms with E-state index in [0.29, 0.717) is 38.3 Å². The Morgan fingerprint density at radius 2 is 1.76 bits per heavy atom. The highest BCUT2D eigenvalue weighted by Gasteiger charge is 2.31. The maximum absolute atomic E-state index is 12.6. The number of hydrogen-bond acceptors (Lipinski definition) is 4. The van der Waals surface area contributed by atoms with Crippen molar-refractivity contribution in [1.29, 1.82) is 0 Å². The van der Waals surface area contributed by atoms with Crippen molar-refractivity contribution in [2.24, 2.45) is 0 Å². The minimum Gasteiger partial charge on any atom is -0.406 e. The highest BCUT2D eigenvalue weighted by molar-refractivity contribution is 5.94. The average molecular weight is 404 g/mol. The number of halogens is 3. The van der Waals surface area contributed by atoms with Crippen LogP contribution in [0.4, 0.5) is 13.2 Å². The van der Waals surface area contributed by atoms with Crippen LogP contribution in [0.1, 0.15) is 16.1 Å². The zero-order valence-electron chi connectivity index (χ0n) is 15.5. The Hall–Kier alpha value is -3.07. The number of carbonyl (C=O) groups is 1. The minimum absolute atomic E-state index is 0.198.